The van der Waals surface area contributed by atoms with Crippen LogP contribution in [-0.4, -0.2) is 43.6 Å². The molecule has 2 rings (SSSR count). The third kappa shape index (κ3) is 5.53. The second kappa shape index (κ2) is 9.33. The lowest BCUT2D eigenvalue weighted by Gasteiger charge is -2.30. The van der Waals surface area contributed by atoms with Crippen molar-refractivity contribution < 1.29 is 4.74 Å². The first kappa shape index (κ1) is 21.4. The Hall–Kier alpha value is -1.92. The number of aliphatic imine (C=N–C) groups is 1. The molecule has 0 aliphatic carbocycles. The molecule has 6 heteroatoms. The SMILES string of the molecule is CN=C(NCC(C)(C)c1ccccc1C)N(C)Cc1csc(C(C)OC)n1. The van der Waals surface area contributed by atoms with Crippen LogP contribution in [0.3, 0.4) is 0 Å². The van der Waals surface area contributed by atoms with Crippen molar-refractivity contribution in [2.24, 2.45) is 4.99 Å². The minimum absolute atomic E-state index is 0.00379. The first-order valence-electron chi connectivity index (χ1n) is 9.23. The van der Waals surface area contributed by atoms with E-state index in [9.17, 15) is 0 Å². The molecular weight excluding hydrogens is 356 g/mol. The van der Waals surface area contributed by atoms with Crippen LogP contribution >= 0.6 is 11.3 Å². The van der Waals surface area contributed by atoms with E-state index in [1.807, 2.05) is 21.0 Å². The van der Waals surface area contributed by atoms with Crippen LogP contribution in [0.5, 0.6) is 0 Å². The van der Waals surface area contributed by atoms with Gasteiger partial charge in [0.15, 0.2) is 5.96 Å². The number of hydrogen-bond acceptors (Lipinski definition) is 4. The first-order chi connectivity index (χ1) is 12.8. The Morgan fingerprint density at radius 3 is 2.70 bits per heavy atom. The second-order valence-electron chi connectivity index (χ2n) is 7.51. The van der Waals surface area contributed by atoms with E-state index in [-0.39, 0.29) is 11.5 Å². The van der Waals surface area contributed by atoms with Crippen molar-refractivity contribution in [3.05, 3.63) is 51.5 Å². The van der Waals surface area contributed by atoms with Crippen molar-refractivity contribution in [3.8, 4) is 0 Å². The van der Waals surface area contributed by atoms with Gasteiger partial charge in [-0.1, -0.05) is 38.1 Å². The molecule has 0 saturated heterocycles. The van der Waals surface area contributed by atoms with Gasteiger partial charge in [0, 0.05) is 38.5 Å². The number of aromatic nitrogens is 1. The van der Waals surface area contributed by atoms with Gasteiger partial charge in [-0.3, -0.25) is 4.99 Å². The lowest BCUT2D eigenvalue weighted by Crippen LogP contribution is -2.44. The van der Waals surface area contributed by atoms with Crippen LogP contribution in [0.4, 0.5) is 0 Å². The Morgan fingerprint density at radius 2 is 2.07 bits per heavy atom. The summed E-state index contributed by atoms with van der Waals surface area (Å²) in [5.41, 5.74) is 3.70. The molecule has 0 saturated carbocycles. The summed E-state index contributed by atoms with van der Waals surface area (Å²) in [5.74, 6) is 0.867. The topological polar surface area (TPSA) is 49.8 Å². The average Bonchev–Trinajstić information content (AvgIpc) is 3.10. The number of guanidine groups is 1. The normalized spacial score (nSPS) is 13.5. The fourth-order valence-corrected chi connectivity index (χ4v) is 3.95. The van der Waals surface area contributed by atoms with Crippen LogP contribution in [0.25, 0.3) is 0 Å². The Balaban J connectivity index is 2.00. The van der Waals surface area contributed by atoms with E-state index >= 15 is 0 Å². The summed E-state index contributed by atoms with van der Waals surface area (Å²) in [5, 5.41) is 6.62. The highest BCUT2D eigenvalue weighted by Crippen LogP contribution is 2.25. The third-order valence-electron chi connectivity index (χ3n) is 4.81. The van der Waals surface area contributed by atoms with Crippen molar-refractivity contribution in [3.63, 3.8) is 0 Å². The molecule has 1 unspecified atom stereocenters. The first-order valence-corrected chi connectivity index (χ1v) is 10.1. The fourth-order valence-electron chi connectivity index (χ4n) is 3.11. The lowest BCUT2D eigenvalue weighted by atomic mass is 9.82. The Kier molecular flexibility index (Phi) is 7.39. The molecule has 27 heavy (non-hydrogen) atoms. The molecule has 0 aliphatic heterocycles. The molecule has 2 aromatic rings. The van der Waals surface area contributed by atoms with E-state index in [0.717, 1.165) is 23.2 Å². The van der Waals surface area contributed by atoms with E-state index in [2.05, 4.69) is 70.6 Å². The van der Waals surface area contributed by atoms with Crippen molar-refractivity contribution >= 4 is 17.3 Å². The Labute approximate surface area is 167 Å². The molecule has 5 nitrogen and oxygen atoms in total. The van der Waals surface area contributed by atoms with Gasteiger partial charge in [-0.05, 0) is 25.0 Å². The number of ether oxygens (including phenoxy) is 1. The standard InChI is InChI=1S/C21H32N4OS/c1-15-10-8-9-11-18(15)21(3,4)14-23-20(22-5)25(6)12-17-13-27-19(24-17)16(2)26-7/h8-11,13,16H,12,14H2,1-7H3,(H,22,23). The minimum atomic E-state index is 0.00379. The molecule has 1 atom stereocenters. The van der Waals surface area contributed by atoms with Crippen LogP contribution < -0.4 is 5.32 Å². The van der Waals surface area contributed by atoms with E-state index in [1.54, 1.807) is 18.4 Å². The number of benzene rings is 1. The molecule has 1 heterocycles. The smallest absolute Gasteiger partial charge is 0.193 e. The molecule has 1 N–H and O–H groups in total. The maximum atomic E-state index is 5.35. The lowest BCUT2D eigenvalue weighted by molar-refractivity contribution is 0.119. The van der Waals surface area contributed by atoms with E-state index < -0.39 is 0 Å². The zero-order valence-corrected chi connectivity index (χ0v) is 18.4. The number of nitrogens with one attached hydrogen (secondary N) is 1. The number of aryl methyl sites for hydroxylation is 1. The molecule has 0 amide bonds. The number of methoxy groups -OCH3 is 1. The van der Waals surface area contributed by atoms with Crippen molar-refractivity contribution in [2.45, 2.75) is 45.8 Å². The van der Waals surface area contributed by atoms with Gasteiger partial charge in [-0.25, -0.2) is 4.98 Å². The summed E-state index contributed by atoms with van der Waals surface area (Å²) in [6.45, 7) is 10.2. The molecule has 0 spiro atoms. The minimum Gasteiger partial charge on any atom is -0.375 e. The third-order valence-corrected chi connectivity index (χ3v) is 5.86. The largest absolute Gasteiger partial charge is 0.375 e. The van der Waals surface area contributed by atoms with Gasteiger partial charge in [-0.2, -0.15) is 0 Å². The quantitative estimate of drug-likeness (QED) is 0.572. The van der Waals surface area contributed by atoms with Gasteiger partial charge in [0.1, 0.15) is 11.1 Å². The van der Waals surface area contributed by atoms with E-state index in [0.29, 0.717) is 6.54 Å². The van der Waals surface area contributed by atoms with Gasteiger partial charge in [0.25, 0.3) is 0 Å². The van der Waals surface area contributed by atoms with Crippen LogP contribution in [0.2, 0.25) is 0 Å². The molecule has 0 bridgehead atoms. The van der Waals surface area contributed by atoms with Crippen molar-refractivity contribution in [1.82, 2.24) is 15.2 Å². The zero-order valence-electron chi connectivity index (χ0n) is 17.5. The number of nitrogens with zero attached hydrogens (tertiary/aromatic N) is 3. The number of rotatable bonds is 7. The molecule has 0 radical (unpaired) electrons. The summed E-state index contributed by atoms with van der Waals surface area (Å²) in [6, 6.07) is 8.56. The summed E-state index contributed by atoms with van der Waals surface area (Å²) in [7, 11) is 5.56. The highest BCUT2D eigenvalue weighted by atomic mass is 32.1. The molecule has 1 aromatic carbocycles. The number of hydrogen-bond donors (Lipinski definition) is 1. The van der Waals surface area contributed by atoms with E-state index in [4.69, 9.17) is 4.74 Å². The molecule has 0 aliphatic rings. The maximum absolute atomic E-state index is 5.35. The Morgan fingerprint density at radius 1 is 1.37 bits per heavy atom. The van der Waals surface area contributed by atoms with Gasteiger partial charge in [0.05, 0.1) is 12.2 Å². The van der Waals surface area contributed by atoms with Crippen LogP contribution in [0.15, 0.2) is 34.6 Å². The van der Waals surface area contributed by atoms with Crippen molar-refractivity contribution in [1.29, 1.82) is 0 Å². The average molecular weight is 389 g/mol. The number of thiazole rings is 1. The fraction of sp³-hybridized carbons (Fsp3) is 0.524. The monoisotopic (exact) mass is 388 g/mol. The predicted octanol–water partition coefficient (Wildman–Crippen LogP) is 4.14. The summed E-state index contributed by atoms with van der Waals surface area (Å²) in [6.07, 6.45) is 0.0291. The molecule has 0 fully saturated rings. The summed E-state index contributed by atoms with van der Waals surface area (Å²) >= 11 is 1.64. The van der Waals surface area contributed by atoms with Crippen LogP contribution in [0.1, 0.15) is 48.7 Å². The van der Waals surface area contributed by atoms with Gasteiger partial charge < -0.3 is 15.0 Å². The Bertz CT molecular complexity index is 769. The highest BCUT2D eigenvalue weighted by molar-refractivity contribution is 7.09. The van der Waals surface area contributed by atoms with Gasteiger partial charge >= 0.3 is 0 Å². The maximum Gasteiger partial charge on any atom is 0.193 e. The second-order valence-corrected chi connectivity index (χ2v) is 8.40. The summed E-state index contributed by atoms with van der Waals surface area (Å²) < 4.78 is 5.35. The van der Waals surface area contributed by atoms with Gasteiger partial charge in [0.2, 0.25) is 0 Å². The molecule has 148 valence electrons. The zero-order chi connectivity index (χ0) is 20.0. The van der Waals surface area contributed by atoms with Crippen LogP contribution in [-0.2, 0) is 16.7 Å². The molecule has 1 aromatic heterocycles. The molecular formula is C21H32N4OS. The van der Waals surface area contributed by atoms with Crippen LogP contribution in [0, 0.1) is 6.92 Å². The van der Waals surface area contributed by atoms with Crippen molar-refractivity contribution in [2.75, 3.05) is 27.7 Å². The summed E-state index contributed by atoms with van der Waals surface area (Å²) in [4.78, 5) is 11.2. The predicted molar refractivity (Wildman–Crippen MR) is 115 cm³/mol. The van der Waals surface area contributed by atoms with E-state index in [1.165, 1.54) is 11.1 Å². The van der Waals surface area contributed by atoms with Gasteiger partial charge in [-0.15, -0.1) is 11.3 Å². The highest BCUT2D eigenvalue weighted by Gasteiger charge is 2.23.